The summed E-state index contributed by atoms with van der Waals surface area (Å²) in [6.07, 6.45) is 18.5. The van der Waals surface area contributed by atoms with Crippen molar-refractivity contribution in [2.75, 3.05) is 16.8 Å². The highest BCUT2D eigenvalue weighted by Gasteiger charge is 2.12. The average Bonchev–Trinajstić information content (AvgIpc) is 3.21. The van der Waals surface area contributed by atoms with Crippen molar-refractivity contribution in [3.63, 3.8) is 0 Å². The molecule has 0 saturated carbocycles. The van der Waals surface area contributed by atoms with Gasteiger partial charge in [0.05, 0.1) is 0 Å². The summed E-state index contributed by atoms with van der Waals surface area (Å²) in [5, 5.41) is 4.91. The molecule has 0 aliphatic heterocycles. The Morgan fingerprint density at radius 2 is 1.34 bits per heavy atom. The summed E-state index contributed by atoms with van der Waals surface area (Å²) in [7, 11) is 2.13. The zero-order valence-corrected chi connectivity index (χ0v) is 22.4. The lowest BCUT2D eigenvalue weighted by Gasteiger charge is -2.23. The topological polar surface area (TPSA) is 6.48 Å². The smallest absolute Gasteiger partial charge is 0.0461 e. The Kier molecular flexibility index (Phi) is 7.70. The van der Waals surface area contributed by atoms with Crippen molar-refractivity contribution >= 4 is 34.3 Å². The number of likely N-dealkylation sites (N-methyl/N-ethyl adjacent to an activating group) is 1. The molecule has 0 N–H and O–H groups in total. The van der Waals surface area contributed by atoms with Gasteiger partial charge in [0.25, 0.3) is 0 Å². The summed E-state index contributed by atoms with van der Waals surface area (Å²) in [5.41, 5.74) is 5.91. The van der Waals surface area contributed by atoms with E-state index in [-0.39, 0.29) is 0 Å². The molecule has 0 fully saturated rings. The Morgan fingerprint density at radius 3 is 2.13 bits per heavy atom. The van der Waals surface area contributed by atoms with Gasteiger partial charge in [-0.15, -0.1) is 0 Å². The molecule has 4 aromatic rings. The molecular weight excluding hydrogens is 460 g/mol. The summed E-state index contributed by atoms with van der Waals surface area (Å²) in [6.45, 7) is 4.20. The average molecular weight is 495 g/mol. The van der Waals surface area contributed by atoms with Crippen molar-refractivity contribution in [3.05, 3.63) is 155 Å². The molecule has 0 aromatic heterocycles. The Morgan fingerprint density at radius 1 is 0.684 bits per heavy atom. The predicted molar refractivity (Wildman–Crippen MR) is 165 cm³/mol. The van der Waals surface area contributed by atoms with Gasteiger partial charge in [0.1, 0.15) is 0 Å². The second-order valence-electron chi connectivity index (χ2n) is 9.55. The Balaban J connectivity index is 1.50. The quantitative estimate of drug-likeness (QED) is 0.272. The van der Waals surface area contributed by atoms with Crippen molar-refractivity contribution in [3.8, 4) is 0 Å². The van der Waals surface area contributed by atoms with Crippen molar-refractivity contribution in [2.24, 2.45) is 0 Å². The van der Waals surface area contributed by atoms with E-state index in [9.17, 15) is 0 Å². The van der Waals surface area contributed by atoms with Crippen LogP contribution in [0, 0.1) is 6.92 Å². The summed E-state index contributed by atoms with van der Waals surface area (Å²) < 4.78 is 0. The summed E-state index contributed by atoms with van der Waals surface area (Å²) in [6, 6.07) is 32.3. The van der Waals surface area contributed by atoms with Crippen molar-refractivity contribution in [1.29, 1.82) is 0 Å². The van der Waals surface area contributed by atoms with Crippen molar-refractivity contribution < 1.29 is 0 Å². The van der Waals surface area contributed by atoms with Crippen LogP contribution in [0.5, 0.6) is 0 Å². The molecule has 5 rings (SSSR count). The van der Waals surface area contributed by atoms with Crippen molar-refractivity contribution in [2.45, 2.75) is 20.3 Å². The first-order chi connectivity index (χ1) is 18.6. The van der Waals surface area contributed by atoms with Gasteiger partial charge in [-0.25, -0.2) is 0 Å². The van der Waals surface area contributed by atoms with Gasteiger partial charge in [0.15, 0.2) is 0 Å². The highest BCUT2D eigenvalue weighted by molar-refractivity contribution is 5.86. The van der Waals surface area contributed by atoms with Crippen LogP contribution in [-0.2, 0) is 0 Å². The van der Waals surface area contributed by atoms with Crippen LogP contribution in [-0.4, -0.2) is 7.05 Å². The zero-order valence-electron chi connectivity index (χ0n) is 22.4. The SMILES string of the molecule is C/C=c1/cccc/c1=C/C=C/N(C1=CCC=C(N(C)c2ccc(C)cc2)C=C1)c1ccc2ccccc2c1. The molecule has 38 heavy (non-hydrogen) atoms. The van der Waals surface area contributed by atoms with Gasteiger partial charge in [-0.2, -0.15) is 0 Å². The summed E-state index contributed by atoms with van der Waals surface area (Å²) >= 11 is 0. The van der Waals surface area contributed by atoms with Crippen molar-refractivity contribution in [1.82, 2.24) is 0 Å². The first-order valence-corrected chi connectivity index (χ1v) is 13.2. The predicted octanol–water partition coefficient (Wildman–Crippen LogP) is 7.61. The maximum atomic E-state index is 2.29. The van der Waals surface area contributed by atoms with Gasteiger partial charge in [0.2, 0.25) is 0 Å². The second kappa shape index (κ2) is 11.7. The summed E-state index contributed by atoms with van der Waals surface area (Å²) in [5.74, 6) is 0. The molecule has 2 heteroatoms. The minimum Gasteiger partial charge on any atom is -0.345 e. The highest BCUT2D eigenvalue weighted by Crippen LogP contribution is 2.28. The Hall–Kier alpha value is -4.56. The van der Waals surface area contributed by atoms with Gasteiger partial charge >= 0.3 is 0 Å². The number of rotatable bonds is 6. The van der Waals surface area contributed by atoms with E-state index in [4.69, 9.17) is 0 Å². The van der Waals surface area contributed by atoms with Gasteiger partial charge in [-0.1, -0.05) is 96.6 Å². The number of benzene rings is 4. The van der Waals surface area contributed by atoms with E-state index < -0.39 is 0 Å². The lowest BCUT2D eigenvalue weighted by Crippen LogP contribution is -2.22. The van der Waals surface area contributed by atoms with Crippen LogP contribution >= 0.6 is 0 Å². The van der Waals surface area contributed by atoms with Crippen LogP contribution in [0.15, 0.2) is 139 Å². The van der Waals surface area contributed by atoms with Gasteiger partial charge < -0.3 is 9.80 Å². The molecule has 2 nitrogen and oxygen atoms in total. The fourth-order valence-corrected chi connectivity index (χ4v) is 4.76. The van der Waals surface area contributed by atoms with Gasteiger partial charge in [-0.05, 0) is 84.0 Å². The van der Waals surface area contributed by atoms with Crippen LogP contribution in [0.25, 0.3) is 22.9 Å². The minimum absolute atomic E-state index is 0.850. The first-order valence-electron chi connectivity index (χ1n) is 13.2. The molecule has 0 bridgehead atoms. The third kappa shape index (κ3) is 5.71. The molecule has 1 aliphatic rings. The first kappa shape index (κ1) is 25.1. The molecule has 0 spiro atoms. The molecule has 4 aromatic carbocycles. The second-order valence-corrected chi connectivity index (χ2v) is 9.55. The fraction of sp³-hybridized carbons (Fsp3) is 0.111. The summed E-state index contributed by atoms with van der Waals surface area (Å²) in [4.78, 5) is 4.52. The number of aryl methyl sites for hydroxylation is 1. The number of anilines is 2. The monoisotopic (exact) mass is 494 g/mol. The molecule has 0 saturated heterocycles. The molecule has 1 aliphatic carbocycles. The van der Waals surface area contributed by atoms with E-state index in [0.29, 0.717) is 0 Å². The Labute approximate surface area is 226 Å². The third-order valence-corrected chi connectivity index (χ3v) is 6.99. The number of nitrogens with zero attached hydrogens (tertiary/aromatic N) is 2. The maximum Gasteiger partial charge on any atom is 0.0461 e. The number of fused-ring (bicyclic) bond motifs is 1. The minimum atomic E-state index is 0.850. The molecule has 0 unspecified atom stereocenters. The van der Waals surface area contributed by atoms with Gasteiger partial charge in [-0.3, -0.25) is 0 Å². The zero-order chi connectivity index (χ0) is 26.3. The molecule has 0 amide bonds. The number of allylic oxidation sites excluding steroid dienone is 5. The normalized spacial score (nSPS) is 14.5. The van der Waals surface area contributed by atoms with E-state index in [1.54, 1.807) is 0 Å². The van der Waals surface area contributed by atoms with Crippen LogP contribution in [0.4, 0.5) is 11.4 Å². The largest absolute Gasteiger partial charge is 0.345 e. The van der Waals surface area contributed by atoms with Crippen LogP contribution in [0.2, 0.25) is 0 Å². The fourth-order valence-electron chi connectivity index (χ4n) is 4.76. The van der Waals surface area contributed by atoms with E-state index in [2.05, 4.69) is 170 Å². The lowest BCUT2D eigenvalue weighted by molar-refractivity contribution is 1.12. The van der Waals surface area contributed by atoms with Crippen LogP contribution in [0.3, 0.4) is 0 Å². The van der Waals surface area contributed by atoms with E-state index in [1.165, 1.54) is 38.2 Å². The molecule has 0 atom stereocenters. The van der Waals surface area contributed by atoms with Gasteiger partial charge in [0, 0.05) is 36.0 Å². The molecule has 0 radical (unpaired) electrons. The lowest BCUT2D eigenvalue weighted by atomic mass is 10.1. The number of hydrogen-bond acceptors (Lipinski definition) is 2. The van der Waals surface area contributed by atoms with E-state index in [1.807, 2.05) is 0 Å². The third-order valence-electron chi connectivity index (χ3n) is 6.99. The number of hydrogen-bond donors (Lipinski definition) is 0. The van der Waals surface area contributed by atoms with Crippen LogP contribution < -0.4 is 20.2 Å². The Bertz CT molecular complexity index is 1670. The highest BCUT2D eigenvalue weighted by atomic mass is 15.1. The van der Waals surface area contributed by atoms with Crippen LogP contribution in [0.1, 0.15) is 18.9 Å². The molecule has 188 valence electrons. The maximum absolute atomic E-state index is 2.29. The van der Waals surface area contributed by atoms with E-state index in [0.717, 1.165) is 17.8 Å². The standard InChI is InChI=1S/C36H34N2/c1-4-29-11-5-6-12-30(29)15-10-26-38(36-23-20-31-13-7-8-14-32(31)27-36)35-17-9-16-33(24-25-35)37(3)34-21-18-28(2)19-22-34/h4-8,10-27H,9H2,1-3H3/b26-10+,29-4-,30-15-. The molecular formula is C36H34N2. The van der Waals surface area contributed by atoms with E-state index >= 15 is 0 Å². The molecule has 0 heterocycles.